The Balaban J connectivity index is 1.24. The van der Waals surface area contributed by atoms with Crippen molar-refractivity contribution in [1.82, 2.24) is 29.8 Å². The van der Waals surface area contributed by atoms with Crippen molar-refractivity contribution in [3.8, 4) is 0 Å². The Morgan fingerprint density at radius 3 is 2.71 bits per heavy atom. The quantitative estimate of drug-likeness (QED) is 0.759. The average Bonchev–Trinajstić information content (AvgIpc) is 3.34. The van der Waals surface area contributed by atoms with E-state index >= 15 is 0 Å². The first-order chi connectivity index (χ1) is 11.9. The molecule has 0 radical (unpaired) electrons. The maximum atomic E-state index is 4.74. The summed E-state index contributed by atoms with van der Waals surface area (Å²) in [7, 11) is 0. The van der Waals surface area contributed by atoms with Crippen LogP contribution in [0.3, 0.4) is 0 Å². The van der Waals surface area contributed by atoms with E-state index in [2.05, 4.69) is 30.4 Å². The molecular weight excluding hydrogens is 304 g/mol. The first-order valence-corrected chi connectivity index (χ1v) is 8.35. The summed E-state index contributed by atoms with van der Waals surface area (Å²) < 4.78 is 1.91. The van der Waals surface area contributed by atoms with Crippen LogP contribution >= 0.6 is 0 Å². The topological polar surface area (TPSA) is 84.1 Å². The number of hydrogen-bond acceptors (Lipinski definition) is 7. The average molecular weight is 322 g/mol. The molecule has 3 aromatic rings. The Morgan fingerprint density at radius 1 is 1.08 bits per heavy atom. The van der Waals surface area contributed by atoms with Crippen molar-refractivity contribution < 1.29 is 0 Å². The second-order valence-corrected chi connectivity index (χ2v) is 6.52. The molecule has 0 unspecified atom stereocenters. The summed E-state index contributed by atoms with van der Waals surface area (Å²) in [5.74, 6) is 3.81. The van der Waals surface area contributed by atoms with Crippen molar-refractivity contribution in [3.05, 3.63) is 36.4 Å². The number of anilines is 2. The maximum Gasteiger partial charge on any atom is 0.222 e. The molecule has 1 saturated heterocycles. The molecule has 2 fully saturated rings. The van der Waals surface area contributed by atoms with E-state index in [-0.39, 0.29) is 0 Å². The summed E-state index contributed by atoms with van der Waals surface area (Å²) in [5.41, 5.74) is 0.834. The van der Waals surface area contributed by atoms with Gasteiger partial charge in [-0.25, -0.2) is 9.97 Å². The zero-order chi connectivity index (χ0) is 15.9. The lowest BCUT2D eigenvalue weighted by atomic mass is 10.0. The number of aromatic nitrogens is 6. The second kappa shape index (κ2) is 5.40. The summed E-state index contributed by atoms with van der Waals surface area (Å²) in [6.45, 7) is 2.85. The summed E-state index contributed by atoms with van der Waals surface area (Å²) >= 11 is 0. The van der Waals surface area contributed by atoms with E-state index in [4.69, 9.17) is 5.10 Å². The van der Waals surface area contributed by atoms with Crippen LogP contribution in [0.5, 0.6) is 0 Å². The smallest absolute Gasteiger partial charge is 0.222 e. The molecular formula is C16H18N8. The highest BCUT2D eigenvalue weighted by Gasteiger charge is 2.31. The van der Waals surface area contributed by atoms with E-state index in [0.717, 1.165) is 36.9 Å². The van der Waals surface area contributed by atoms with Gasteiger partial charge in [0.05, 0.1) is 0 Å². The van der Waals surface area contributed by atoms with Crippen molar-refractivity contribution in [2.75, 3.05) is 29.9 Å². The van der Waals surface area contributed by atoms with Gasteiger partial charge in [0, 0.05) is 43.9 Å². The highest BCUT2D eigenvalue weighted by molar-refractivity contribution is 5.48. The summed E-state index contributed by atoms with van der Waals surface area (Å²) in [5, 5.41) is 16.5. The molecule has 0 bridgehead atoms. The third-order valence-corrected chi connectivity index (χ3v) is 4.61. The lowest BCUT2D eigenvalue weighted by Gasteiger charge is -2.40. The van der Waals surface area contributed by atoms with Gasteiger partial charge < -0.3 is 10.2 Å². The molecule has 2 aliphatic rings. The zero-order valence-corrected chi connectivity index (χ0v) is 13.2. The van der Waals surface area contributed by atoms with Gasteiger partial charge >= 0.3 is 0 Å². The number of nitrogens with zero attached hydrogens (tertiary/aromatic N) is 7. The Kier molecular flexibility index (Phi) is 3.07. The van der Waals surface area contributed by atoms with Crippen LogP contribution < -0.4 is 10.2 Å². The fraction of sp³-hybridized carbons (Fsp3) is 0.438. The molecule has 1 N–H and O–H groups in total. The largest absolute Gasteiger partial charge is 0.354 e. The highest BCUT2D eigenvalue weighted by atomic mass is 15.4. The van der Waals surface area contributed by atoms with Gasteiger partial charge in [-0.1, -0.05) is 0 Å². The van der Waals surface area contributed by atoms with Crippen LogP contribution in [0.2, 0.25) is 0 Å². The van der Waals surface area contributed by atoms with Crippen LogP contribution in [-0.2, 0) is 0 Å². The third-order valence-electron chi connectivity index (χ3n) is 4.61. The van der Waals surface area contributed by atoms with Crippen molar-refractivity contribution in [1.29, 1.82) is 0 Å². The van der Waals surface area contributed by atoms with Crippen LogP contribution in [0.4, 0.5) is 11.8 Å². The molecule has 0 spiro atoms. The molecule has 0 aromatic carbocycles. The minimum absolute atomic E-state index is 0.543. The van der Waals surface area contributed by atoms with Gasteiger partial charge in [0.25, 0.3) is 0 Å². The van der Waals surface area contributed by atoms with E-state index < -0.39 is 0 Å². The second-order valence-electron chi connectivity index (χ2n) is 6.52. The van der Waals surface area contributed by atoms with E-state index in [1.807, 2.05) is 22.7 Å². The minimum Gasteiger partial charge on any atom is -0.354 e. The first kappa shape index (κ1) is 13.6. The molecule has 0 amide bonds. The molecule has 5 rings (SSSR count). The molecule has 3 aromatic heterocycles. The molecule has 122 valence electrons. The number of rotatable bonds is 5. The molecule has 1 saturated carbocycles. The molecule has 8 heteroatoms. The molecule has 1 aliphatic carbocycles. The van der Waals surface area contributed by atoms with Gasteiger partial charge in [-0.15, -0.1) is 15.3 Å². The lowest BCUT2D eigenvalue weighted by molar-refractivity contribution is 0.424. The first-order valence-electron chi connectivity index (χ1n) is 8.35. The van der Waals surface area contributed by atoms with Crippen molar-refractivity contribution in [2.45, 2.75) is 18.8 Å². The zero-order valence-electron chi connectivity index (χ0n) is 13.2. The molecule has 4 heterocycles. The third kappa shape index (κ3) is 2.44. The highest BCUT2D eigenvalue weighted by Crippen LogP contribution is 2.38. The Morgan fingerprint density at radius 2 is 1.92 bits per heavy atom. The number of nitrogens with one attached hydrogen (secondary N) is 1. The Labute approximate surface area is 138 Å². The fourth-order valence-electron chi connectivity index (χ4n) is 3.07. The standard InChI is InChI=1S/C16H18N8/c1-6-17-16(18-7-1)19-8-11-9-23(10-11)14-5-4-13-20-21-15(12-2-3-12)24(13)22-14/h1,4-7,11-12H,2-3,8-10H2,(H,17,18,19). The van der Waals surface area contributed by atoms with Gasteiger partial charge in [-0.05, 0) is 31.0 Å². The van der Waals surface area contributed by atoms with Crippen molar-refractivity contribution in [2.24, 2.45) is 5.92 Å². The van der Waals surface area contributed by atoms with E-state index in [0.29, 0.717) is 17.8 Å². The van der Waals surface area contributed by atoms with Crippen LogP contribution in [0.25, 0.3) is 5.65 Å². The molecule has 1 aliphatic heterocycles. The van der Waals surface area contributed by atoms with Gasteiger partial charge in [-0.2, -0.15) is 4.52 Å². The molecule has 0 atom stereocenters. The van der Waals surface area contributed by atoms with Gasteiger partial charge in [0.1, 0.15) is 5.82 Å². The SMILES string of the molecule is c1cnc(NCC2CN(c3ccc4nnc(C5CC5)n4n3)C2)nc1. The fourth-order valence-corrected chi connectivity index (χ4v) is 3.07. The van der Waals surface area contributed by atoms with Crippen molar-refractivity contribution >= 4 is 17.4 Å². The van der Waals surface area contributed by atoms with E-state index in [1.54, 1.807) is 12.4 Å². The Bertz CT molecular complexity index is 851. The van der Waals surface area contributed by atoms with Gasteiger partial charge in [0.15, 0.2) is 11.5 Å². The van der Waals surface area contributed by atoms with Crippen LogP contribution in [0, 0.1) is 5.92 Å². The van der Waals surface area contributed by atoms with E-state index in [9.17, 15) is 0 Å². The van der Waals surface area contributed by atoms with Gasteiger partial charge in [0.2, 0.25) is 5.95 Å². The summed E-state index contributed by atoms with van der Waals surface area (Å²) in [6, 6.07) is 5.86. The van der Waals surface area contributed by atoms with E-state index in [1.165, 1.54) is 12.8 Å². The normalized spacial score (nSPS) is 17.9. The van der Waals surface area contributed by atoms with Crippen LogP contribution in [-0.4, -0.2) is 49.4 Å². The molecule has 8 nitrogen and oxygen atoms in total. The summed E-state index contributed by atoms with van der Waals surface area (Å²) in [4.78, 5) is 10.6. The maximum absolute atomic E-state index is 4.74. The predicted octanol–water partition coefficient (Wildman–Crippen LogP) is 1.34. The number of fused-ring (bicyclic) bond motifs is 1. The minimum atomic E-state index is 0.543. The summed E-state index contributed by atoms with van der Waals surface area (Å²) in [6.07, 6.45) is 5.90. The van der Waals surface area contributed by atoms with Crippen molar-refractivity contribution in [3.63, 3.8) is 0 Å². The van der Waals surface area contributed by atoms with Gasteiger partial charge in [-0.3, -0.25) is 0 Å². The predicted molar refractivity (Wildman–Crippen MR) is 89.0 cm³/mol. The van der Waals surface area contributed by atoms with Crippen LogP contribution in [0.15, 0.2) is 30.6 Å². The lowest BCUT2D eigenvalue weighted by Crippen LogP contribution is -2.50. The molecule has 24 heavy (non-hydrogen) atoms. The monoisotopic (exact) mass is 322 g/mol. The number of hydrogen-bond donors (Lipinski definition) is 1. The van der Waals surface area contributed by atoms with Crippen LogP contribution in [0.1, 0.15) is 24.6 Å². The Hall–Kier alpha value is -2.77.